The summed E-state index contributed by atoms with van der Waals surface area (Å²) < 4.78 is 0. The van der Waals surface area contributed by atoms with E-state index in [0.717, 1.165) is 25.4 Å². The Morgan fingerprint density at radius 3 is 2.47 bits per heavy atom. The van der Waals surface area contributed by atoms with Crippen molar-refractivity contribution < 1.29 is 4.79 Å². The molecule has 100 valence electrons. The number of likely N-dealkylation sites (N-methyl/N-ethyl adjacent to an activating group) is 1. The van der Waals surface area contributed by atoms with Crippen LogP contribution in [0.1, 0.15) is 59.3 Å². The second kappa shape index (κ2) is 7.00. The molecule has 0 bridgehead atoms. The van der Waals surface area contributed by atoms with E-state index in [1.54, 1.807) is 0 Å². The molecule has 3 nitrogen and oxygen atoms in total. The lowest BCUT2D eigenvalue weighted by Gasteiger charge is -2.26. The average Bonchev–Trinajstić information content (AvgIpc) is 2.30. The molecule has 0 atom stereocenters. The highest BCUT2D eigenvalue weighted by Crippen LogP contribution is 2.25. The largest absolute Gasteiger partial charge is 0.355 e. The van der Waals surface area contributed by atoms with Gasteiger partial charge in [0.2, 0.25) is 5.91 Å². The van der Waals surface area contributed by atoms with Gasteiger partial charge in [-0.2, -0.15) is 0 Å². The van der Waals surface area contributed by atoms with Crippen molar-refractivity contribution >= 4 is 5.91 Å². The fourth-order valence-electron chi connectivity index (χ4n) is 2.61. The Morgan fingerprint density at radius 1 is 1.24 bits per heavy atom. The van der Waals surface area contributed by atoms with E-state index >= 15 is 0 Å². The highest BCUT2D eigenvalue weighted by Gasteiger charge is 2.25. The predicted octanol–water partition coefficient (Wildman–Crippen LogP) is 2.46. The third kappa shape index (κ3) is 5.07. The summed E-state index contributed by atoms with van der Waals surface area (Å²) in [6.07, 6.45) is 8.01. The number of hydrogen-bond acceptors (Lipinski definition) is 2. The van der Waals surface area contributed by atoms with E-state index in [0.29, 0.717) is 0 Å². The molecule has 1 aliphatic carbocycles. The molecule has 1 rings (SSSR count). The van der Waals surface area contributed by atoms with Gasteiger partial charge in [0.25, 0.3) is 0 Å². The number of hydrogen-bond donors (Lipinski definition) is 2. The van der Waals surface area contributed by atoms with E-state index < -0.39 is 5.54 Å². The molecule has 1 aliphatic rings. The highest BCUT2D eigenvalue weighted by molar-refractivity contribution is 5.85. The molecule has 0 spiro atoms. The molecule has 1 saturated carbocycles. The zero-order valence-electron chi connectivity index (χ0n) is 11.6. The number of carbonyl (C=O) groups is 1. The van der Waals surface area contributed by atoms with Crippen molar-refractivity contribution in [2.75, 3.05) is 13.1 Å². The molecule has 0 saturated heterocycles. The smallest absolute Gasteiger partial charge is 0.239 e. The molecule has 2 N–H and O–H groups in total. The van der Waals surface area contributed by atoms with Crippen LogP contribution in [0.25, 0.3) is 0 Å². The molecule has 0 unspecified atom stereocenters. The van der Waals surface area contributed by atoms with E-state index in [9.17, 15) is 4.79 Å². The lowest BCUT2D eigenvalue weighted by Crippen LogP contribution is -2.52. The van der Waals surface area contributed by atoms with Crippen LogP contribution in [0.15, 0.2) is 0 Å². The third-order valence-electron chi connectivity index (χ3n) is 3.75. The van der Waals surface area contributed by atoms with Crippen molar-refractivity contribution in [2.24, 2.45) is 5.92 Å². The van der Waals surface area contributed by atoms with Gasteiger partial charge in [-0.05, 0) is 32.7 Å². The normalized spacial score (nSPS) is 18.1. The van der Waals surface area contributed by atoms with Crippen LogP contribution in [0.2, 0.25) is 0 Å². The van der Waals surface area contributed by atoms with Gasteiger partial charge >= 0.3 is 0 Å². The predicted molar refractivity (Wildman–Crippen MR) is 72.0 cm³/mol. The van der Waals surface area contributed by atoms with Crippen molar-refractivity contribution in [1.29, 1.82) is 0 Å². The first-order chi connectivity index (χ1) is 8.06. The minimum atomic E-state index is -0.443. The molecule has 0 aromatic heterocycles. The van der Waals surface area contributed by atoms with Gasteiger partial charge in [-0.25, -0.2) is 0 Å². The fraction of sp³-hybridized carbons (Fsp3) is 0.929. The van der Waals surface area contributed by atoms with Gasteiger partial charge in [-0.3, -0.25) is 4.79 Å². The quantitative estimate of drug-likeness (QED) is 0.749. The number of nitrogens with one attached hydrogen (secondary N) is 2. The molecule has 1 fully saturated rings. The zero-order valence-corrected chi connectivity index (χ0v) is 11.6. The summed E-state index contributed by atoms with van der Waals surface area (Å²) >= 11 is 0. The number of rotatable bonds is 6. The minimum absolute atomic E-state index is 0.121. The van der Waals surface area contributed by atoms with E-state index in [1.165, 1.54) is 32.1 Å². The Morgan fingerprint density at radius 2 is 1.88 bits per heavy atom. The summed E-state index contributed by atoms with van der Waals surface area (Å²) in [5.41, 5.74) is -0.443. The van der Waals surface area contributed by atoms with Crippen LogP contribution < -0.4 is 10.6 Å². The second-order valence-corrected chi connectivity index (χ2v) is 5.70. The lowest BCUT2D eigenvalue weighted by atomic mass is 9.87. The maximum absolute atomic E-state index is 11.9. The van der Waals surface area contributed by atoms with Crippen LogP contribution in [0.3, 0.4) is 0 Å². The first-order valence-corrected chi connectivity index (χ1v) is 7.09. The molecule has 1 amide bonds. The van der Waals surface area contributed by atoms with Gasteiger partial charge in [0, 0.05) is 6.54 Å². The SMILES string of the molecule is CCNC(C)(C)C(=O)NCCC1CCCCC1. The highest BCUT2D eigenvalue weighted by atomic mass is 16.2. The van der Waals surface area contributed by atoms with Gasteiger partial charge in [0.15, 0.2) is 0 Å². The van der Waals surface area contributed by atoms with Crippen LogP contribution in [-0.4, -0.2) is 24.5 Å². The van der Waals surface area contributed by atoms with Crippen molar-refractivity contribution in [1.82, 2.24) is 10.6 Å². The van der Waals surface area contributed by atoms with Crippen molar-refractivity contribution in [3.05, 3.63) is 0 Å². The van der Waals surface area contributed by atoms with Crippen LogP contribution in [-0.2, 0) is 4.79 Å². The Bertz CT molecular complexity index is 232. The third-order valence-corrected chi connectivity index (χ3v) is 3.75. The Balaban J connectivity index is 2.18. The summed E-state index contributed by atoms with van der Waals surface area (Å²) in [6, 6.07) is 0. The van der Waals surface area contributed by atoms with E-state index in [4.69, 9.17) is 0 Å². The summed E-state index contributed by atoms with van der Waals surface area (Å²) in [5, 5.41) is 6.25. The maximum Gasteiger partial charge on any atom is 0.239 e. The minimum Gasteiger partial charge on any atom is -0.355 e. The van der Waals surface area contributed by atoms with Crippen molar-refractivity contribution in [3.63, 3.8) is 0 Å². The molecular weight excluding hydrogens is 212 g/mol. The van der Waals surface area contributed by atoms with Crippen molar-refractivity contribution in [3.8, 4) is 0 Å². The van der Waals surface area contributed by atoms with Crippen LogP contribution in [0, 0.1) is 5.92 Å². The zero-order chi connectivity index (χ0) is 12.7. The molecular formula is C14H28N2O. The molecule has 0 aliphatic heterocycles. The molecule has 0 aromatic rings. The van der Waals surface area contributed by atoms with Gasteiger partial charge in [0.1, 0.15) is 0 Å². The van der Waals surface area contributed by atoms with E-state index in [2.05, 4.69) is 10.6 Å². The maximum atomic E-state index is 11.9. The van der Waals surface area contributed by atoms with Crippen molar-refractivity contribution in [2.45, 2.75) is 64.8 Å². The summed E-state index contributed by atoms with van der Waals surface area (Å²) in [4.78, 5) is 11.9. The standard InChI is InChI=1S/C14H28N2O/c1-4-16-14(2,3)13(17)15-11-10-12-8-6-5-7-9-12/h12,16H,4-11H2,1-3H3,(H,15,17). The monoisotopic (exact) mass is 240 g/mol. The summed E-state index contributed by atoms with van der Waals surface area (Å²) in [7, 11) is 0. The van der Waals surface area contributed by atoms with E-state index in [-0.39, 0.29) is 5.91 Å². The van der Waals surface area contributed by atoms with Gasteiger partial charge in [-0.15, -0.1) is 0 Å². The van der Waals surface area contributed by atoms with Crippen LogP contribution in [0.5, 0.6) is 0 Å². The van der Waals surface area contributed by atoms with Crippen LogP contribution in [0.4, 0.5) is 0 Å². The molecule has 0 radical (unpaired) electrons. The molecule has 0 aromatic carbocycles. The first-order valence-electron chi connectivity index (χ1n) is 7.09. The lowest BCUT2D eigenvalue weighted by molar-refractivity contribution is -0.126. The Hall–Kier alpha value is -0.570. The van der Waals surface area contributed by atoms with Gasteiger partial charge < -0.3 is 10.6 Å². The molecule has 17 heavy (non-hydrogen) atoms. The average molecular weight is 240 g/mol. The Labute approximate surface area is 106 Å². The number of amides is 1. The van der Waals surface area contributed by atoms with Gasteiger partial charge in [-0.1, -0.05) is 39.0 Å². The topological polar surface area (TPSA) is 41.1 Å². The van der Waals surface area contributed by atoms with Crippen LogP contribution >= 0.6 is 0 Å². The van der Waals surface area contributed by atoms with Gasteiger partial charge in [0.05, 0.1) is 5.54 Å². The van der Waals surface area contributed by atoms with E-state index in [1.807, 2.05) is 20.8 Å². The summed E-state index contributed by atoms with van der Waals surface area (Å²) in [5.74, 6) is 0.960. The Kier molecular flexibility index (Phi) is 5.96. The summed E-state index contributed by atoms with van der Waals surface area (Å²) in [6.45, 7) is 7.55. The first kappa shape index (κ1) is 14.5. The number of carbonyl (C=O) groups excluding carboxylic acids is 1. The molecule has 0 heterocycles. The molecule has 3 heteroatoms. The fourth-order valence-corrected chi connectivity index (χ4v) is 2.61. The second-order valence-electron chi connectivity index (χ2n) is 5.70.